The van der Waals surface area contributed by atoms with Crippen molar-refractivity contribution in [1.29, 1.82) is 5.26 Å². The summed E-state index contributed by atoms with van der Waals surface area (Å²) in [5, 5.41) is 18.8. The Hall–Kier alpha value is -4.64. The number of hydrogen-bond donors (Lipinski definition) is 4. The highest BCUT2D eigenvalue weighted by Gasteiger charge is 2.44. The van der Waals surface area contributed by atoms with Gasteiger partial charge in [-0.15, -0.1) is 0 Å². The molecule has 0 spiro atoms. The number of piperazine rings is 1. The van der Waals surface area contributed by atoms with Crippen molar-refractivity contribution in [2.75, 3.05) is 45.6 Å². The summed E-state index contributed by atoms with van der Waals surface area (Å²) in [7, 11) is 3.36. The number of amides is 5. The van der Waals surface area contributed by atoms with Gasteiger partial charge in [0.05, 0.1) is 17.3 Å². The summed E-state index contributed by atoms with van der Waals surface area (Å²) in [6, 6.07) is 7.30. The highest BCUT2D eigenvalue weighted by atomic mass is 19.3. The predicted octanol–water partition coefficient (Wildman–Crippen LogP) is 3.11. The lowest BCUT2D eigenvalue weighted by Crippen LogP contribution is -2.56. The van der Waals surface area contributed by atoms with Crippen LogP contribution in [0.15, 0.2) is 42.5 Å². The van der Waals surface area contributed by atoms with E-state index in [4.69, 9.17) is 5.26 Å². The summed E-state index contributed by atoms with van der Waals surface area (Å²) in [6.45, 7) is 2.32. The van der Waals surface area contributed by atoms with Crippen LogP contribution in [0.3, 0.4) is 0 Å². The van der Waals surface area contributed by atoms with Gasteiger partial charge in [0.25, 0.3) is 5.91 Å². The van der Waals surface area contributed by atoms with Crippen molar-refractivity contribution in [3.05, 3.63) is 65.0 Å². The first-order valence-electron chi connectivity index (χ1n) is 15.7. The first-order chi connectivity index (χ1) is 22.4. The minimum absolute atomic E-state index is 0.0213. The Morgan fingerprint density at radius 3 is 2.34 bits per heavy atom. The monoisotopic (exact) mass is 655 g/mol. The van der Waals surface area contributed by atoms with E-state index in [0.29, 0.717) is 44.6 Å². The fourth-order valence-electron chi connectivity index (χ4n) is 5.92. The first kappa shape index (κ1) is 35.2. The lowest BCUT2D eigenvalue weighted by molar-refractivity contribution is -0.149. The molecule has 252 valence electrons. The second kappa shape index (κ2) is 15.8. The van der Waals surface area contributed by atoms with E-state index in [1.807, 2.05) is 7.05 Å². The van der Waals surface area contributed by atoms with Gasteiger partial charge < -0.3 is 31.1 Å². The maximum absolute atomic E-state index is 15.4. The van der Waals surface area contributed by atoms with Crippen LogP contribution in [0.2, 0.25) is 0 Å². The third kappa shape index (κ3) is 9.00. The largest absolute Gasteiger partial charge is 0.349 e. The number of nitriles is 1. The zero-order chi connectivity index (χ0) is 34.1. The quantitative estimate of drug-likeness (QED) is 0.310. The molecule has 0 unspecified atom stereocenters. The average molecular weight is 656 g/mol. The van der Waals surface area contributed by atoms with E-state index in [0.717, 1.165) is 37.5 Å². The molecule has 11 nitrogen and oxygen atoms in total. The van der Waals surface area contributed by atoms with Crippen molar-refractivity contribution in [3.63, 3.8) is 0 Å². The number of carbonyl (C=O) groups is 4. The van der Waals surface area contributed by atoms with Crippen molar-refractivity contribution in [2.45, 2.75) is 56.5 Å². The summed E-state index contributed by atoms with van der Waals surface area (Å²) in [5.74, 6) is -8.17. The van der Waals surface area contributed by atoms with Crippen molar-refractivity contribution >= 4 is 29.4 Å². The van der Waals surface area contributed by atoms with Gasteiger partial charge in [-0.05, 0) is 55.6 Å². The fourth-order valence-corrected chi connectivity index (χ4v) is 5.92. The van der Waals surface area contributed by atoms with E-state index in [1.54, 1.807) is 11.0 Å². The van der Waals surface area contributed by atoms with E-state index in [-0.39, 0.29) is 23.6 Å². The Bertz CT molecular complexity index is 1500. The number of anilines is 1. The minimum atomic E-state index is -4.03. The van der Waals surface area contributed by atoms with Crippen LogP contribution in [0.1, 0.15) is 48.8 Å². The van der Waals surface area contributed by atoms with Crippen molar-refractivity contribution in [1.82, 2.24) is 25.8 Å². The molecule has 1 saturated carbocycles. The van der Waals surface area contributed by atoms with Crippen molar-refractivity contribution < 1.29 is 32.3 Å². The zero-order valence-electron chi connectivity index (χ0n) is 26.5. The molecule has 47 heavy (non-hydrogen) atoms. The number of nitrogens with zero attached hydrogens (tertiary/aromatic N) is 3. The molecule has 1 heterocycles. The van der Waals surface area contributed by atoms with Gasteiger partial charge in [0.1, 0.15) is 17.9 Å². The second-order valence-electron chi connectivity index (χ2n) is 12.0. The topological polar surface area (TPSA) is 147 Å². The van der Waals surface area contributed by atoms with Gasteiger partial charge in [0.2, 0.25) is 11.8 Å². The van der Waals surface area contributed by atoms with Gasteiger partial charge >= 0.3 is 12.0 Å². The highest BCUT2D eigenvalue weighted by molar-refractivity contribution is 5.98. The Morgan fingerprint density at radius 1 is 1.00 bits per heavy atom. The van der Waals surface area contributed by atoms with Crippen LogP contribution in [0.4, 0.5) is 23.7 Å². The van der Waals surface area contributed by atoms with E-state index < -0.39 is 53.2 Å². The smallest absolute Gasteiger partial charge is 0.341 e. The van der Waals surface area contributed by atoms with E-state index in [9.17, 15) is 19.2 Å². The van der Waals surface area contributed by atoms with Crippen LogP contribution in [0.25, 0.3) is 0 Å². The van der Waals surface area contributed by atoms with Crippen molar-refractivity contribution in [2.24, 2.45) is 5.92 Å². The van der Waals surface area contributed by atoms with E-state index in [2.05, 4.69) is 26.2 Å². The predicted molar refractivity (Wildman–Crippen MR) is 168 cm³/mol. The van der Waals surface area contributed by atoms with Gasteiger partial charge in [-0.25, -0.2) is 9.18 Å². The molecular formula is C33H40F3N7O4. The molecule has 1 aliphatic carbocycles. The Labute approximate surface area is 271 Å². The molecule has 0 bridgehead atoms. The van der Waals surface area contributed by atoms with Crippen LogP contribution >= 0.6 is 0 Å². The lowest BCUT2D eigenvalue weighted by Gasteiger charge is -2.34. The van der Waals surface area contributed by atoms with Crippen molar-refractivity contribution in [3.8, 4) is 6.07 Å². The van der Waals surface area contributed by atoms with Crippen LogP contribution in [-0.2, 0) is 26.7 Å². The van der Waals surface area contributed by atoms with Gasteiger partial charge in [-0.2, -0.15) is 14.0 Å². The molecule has 14 heteroatoms. The van der Waals surface area contributed by atoms with E-state index >= 15 is 13.2 Å². The molecule has 2 aliphatic rings. The molecule has 0 aromatic heterocycles. The SMILES string of the molecule is CNC(=O)N[C@H](Cc1ccc(NC(=O)[C@@H](NC(=O)C(F)(F)c2cccc(C#N)c2)C2CCCCC2)c(F)c1)C(=O)N1CCN(C)CC1. The molecular weight excluding hydrogens is 615 g/mol. The van der Waals surface area contributed by atoms with Gasteiger partial charge in [0, 0.05) is 45.2 Å². The number of urea groups is 1. The van der Waals surface area contributed by atoms with Gasteiger partial charge in [0.15, 0.2) is 0 Å². The number of halogens is 3. The highest BCUT2D eigenvalue weighted by Crippen LogP contribution is 2.32. The molecule has 5 amide bonds. The molecule has 1 saturated heterocycles. The third-order valence-corrected chi connectivity index (χ3v) is 8.71. The van der Waals surface area contributed by atoms with Crippen LogP contribution in [0, 0.1) is 23.1 Å². The maximum Gasteiger partial charge on any atom is 0.349 e. The maximum atomic E-state index is 15.4. The zero-order valence-corrected chi connectivity index (χ0v) is 26.5. The van der Waals surface area contributed by atoms with Gasteiger partial charge in [-0.3, -0.25) is 14.4 Å². The Kier molecular flexibility index (Phi) is 11.8. The Morgan fingerprint density at radius 2 is 1.70 bits per heavy atom. The summed E-state index contributed by atoms with van der Waals surface area (Å²) in [4.78, 5) is 55.5. The molecule has 2 fully saturated rings. The summed E-state index contributed by atoms with van der Waals surface area (Å²) >= 11 is 0. The molecule has 2 aromatic carbocycles. The number of alkyl halides is 2. The number of rotatable bonds is 10. The standard InChI is InChI=1S/C33H40F3N7O4/c1-38-32(47)40-27(30(45)43-15-13-42(2)14-16-43)19-21-11-12-26(25(34)18-21)39-29(44)28(23-8-4-3-5-9-23)41-31(46)33(35,36)24-10-6-7-22(17-24)20-37/h6-7,10-12,17-18,23,27-28H,3-5,8-9,13-16,19H2,1-2H3,(H,39,44)(H,41,46)(H2,38,40,47)/t27-,28+/m1/s1. The van der Waals surface area contributed by atoms with Gasteiger partial charge in [-0.1, -0.05) is 37.5 Å². The number of hydrogen-bond acceptors (Lipinski definition) is 6. The van der Waals surface area contributed by atoms with Crippen LogP contribution in [0.5, 0.6) is 0 Å². The fraction of sp³-hybridized carbons (Fsp3) is 0.485. The third-order valence-electron chi connectivity index (χ3n) is 8.71. The molecule has 2 aromatic rings. The molecule has 4 rings (SSSR count). The molecule has 4 N–H and O–H groups in total. The molecule has 1 aliphatic heterocycles. The molecule has 2 atom stereocenters. The summed E-state index contributed by atoms with van der Waals surface area (Å²) in [6.07, 6.45) is 3.39. The lowest BCUT2D eigenvalue weighted by atomic mass is 9.83. The van der Waals surface area contributed by atoms with E-state index in [1.165, 1.54) is 31.3 Å². The number of likely N-dealkylation sites (N-methyl/N-ethyl adjacent to an activating group) is 1. The number of benzene rings is 2. The molecule has 0 radical (unpaired) electrons. The summed E-state index contributed by atoms with van der Waals surface area (Å²) in [5.41, 5.74) is -0.590. The second-order valence-corrected chi connectivity index (χ2v) is 12.0. The Balaban J connectivity index is 1.50. The summed E-state index contributed by atoms with van der Waals surface area (Å²) < 4.78 is 45.8. The average Bonchev–Trinajstić information content (AvgIpc) is 3.08. The number of carbonyl (C=O) groups excluding carboxylic acids is 4. The number of nitrogens with one attached hydrogen (secondary N) is 4. The minimum Gasteiger partial charge on any atom is -0.341 e. The first-order valence-corrected chi connectivity index (χ1v) is 15.7. The van der Waals surface area contributed by atoms with Crippen LogP contribution in [-0.4, -0.2) is 85.9 Å². The van der Waals surface area contributed by atoms with Crippen LogP contribution < -0.4 is 21.3 Å². The normalized spacial score (nSPS) is 17.1.